The maximum absolute atomic E-state index is 13.0. The molecule has 3 nitrogen and oxygen atoms in total. The van der Waals surface area contributed by atoms with Gasteiger partial charge in [0, 0.05) is 12.6 Å². The minimum atomic E-state index is -0.415. The summed E-state index contributed by atoms with van der Waals surface area (Å²) in [7, 11) is 0. The van der Waals surface area contributed by atoms with E-state index in [1.807, 2.05) is 19.1 Å². The first-order valence-electron chi connectivity index (χ1n) is 5.96. The van der Waals surface area contributed by atoms with Crippen LogP contribution in [0.3, 0.4) is 0 Å². The van der Waals surface area contributed by atoms with Crippen molar-refractivity contribution in [2.75, 3.05) is 11.9 Å². The van der Waals surface area contributed by atoms with Crippen LogP contribution < -0.4 is 10.1 Å². The van der Waals surface area contributed by atoms with E-state index >= 15 is 0 Å². The molecule has 0 aliphatic rings. The van der Waals surface area contributed by atoms with Crippen LogP contribution in [0.5, 0.6) is 5.88 Å². The fourth-order valence-corrected chi connectivity index (χ4v) is 1.79. The molecule has 2 rings (SSSR count). The number of hydrogen-bond donors (Lipinski definition) is 1. The monoisotopic (exact) mass is 280 g/mol. The molecule has 0 aliphatic heterocycles. The number of benzene rings is 1. The number of nitrogens with one attached hydrogen (secondary N) is 1. The number of ether oxygens (including phenoxy) is 1. The Morgan fingerprint density at radius 3 is 2.89 bits per heavy atom. The standard InChI is InChI=1S/C14H14ClFN2O/c1-2-19-14-5-3-4-13(18-14)17-9-10-6-7-12(16)11(15)8-10/h3-8H,2,9H2,1H3,(H,17,18). The smallest absolute Gasteiger partial charge is 0.215 e. The molecule has 0 radical (unpaired) electrons. The van der Waals surface area contributed by atoms with Crippen LogP contribution >= 0.6 is 11.6 Å². The molecule has 1 aromatic heterocycles. The maximum atomic E-state index is 13.0. The first-order chi connectivity index (χ1) is 9.19. The second-order valence-electron chi connectivity index (χ2n) is 3.90. The second kappa shape index (κ2) is 6.38. The highest BCUT2D eigenvalue weighted by atomic mass is 35.5. The van der Waals surface area contributed by atoms with Gasteiger partial charge in [-0.3, -0.25) is 0 Å². The van der Waals surface area contributed by atoms with Gasteiger partial charge in [-0.2, -0.15) is 4.98 Å². The summed E-state index contributed by atoms with van der Waals surface area (Å²) in [4.78, 5) is 4.28. The van der Waals surface area contributed by atoms with Crippen molar-refractivity contribution < 1.29 is 9.13 Å². The highest BCUT2D eigenvalue weighted by Crippen LogP contribution is 2.17. The average Bonchev–Trinajstić information content (AvgIpc) is 2.41. The third kappa shape index (κ3) is 3.83. The molecular weight excluding hydrogens is 267 g/mol. The van der Waals surface area contributed by atoms with E-state index in [1.165, 1.54) is 6.07 Å². The van der Waals surface area contributed by atoms with Gasteiger partial charge in [-0.1, -0.05) is 23.7 Å². The van der Waals surface area contributed by atoms with Crippen LogP contribution in [0, 0.1) is 5.82 Å². The Morgan fingerprint density at radius 1 is 1.32 bits per heavy atom. The van der Waals surface area contributed by atoms with Gasteiger partial charge in [0.2, 0.25) is 5.88 Å². The molecule has 0 fully saturated rings. The first kappa shape index (κ1) is 13.6. The van der Waals surface area contributed by atoms with Crippen LogP contribution in [0.25, 0.3) is 0 Å². The lowest BCUT2D eigenvalue weighted by Gasteiger charge is -2.08. The third-order valence-electron chi connectivity index (χ3n) is 2.47. The van der Waals surface area contributed by atoms with Gasteiger partial charge in [0.25, 0.3) is 0 Å². The topological polar surface area (TPSA) is 34.1 Å². The van der Waals surface area contributed by atoms with E-state index in [0.29, 0.717) is 24.8 Å². The van der Waals surface area contributed by atoms with Crippen molar-refractivity contribution in [3.05, 3.63) is 52.8 Å². The van der Waals surface area contributed by atoms with Crippen molar-refractivity contribution in [3.8, 4) is 5.88 Å². The fourth-order valence-electron chi connectivity index (χ4n) is 1.58. The molecule has 0 atom stereocenters. The minimum Gasteiger partial charge on any atom is -0.478 e. The summed E-state index contributed by atoms with van der Waals surface area (Å²) in [6.07, 6.45) is 0. The molecule has 100 valence electrons. The molecule has 5 heteroatoms. The van der Waals surface area contributed by atoms with Crippen LogP contribution in [0.2, 0.25) is 5.02 Å². The number of anilines is 1. The Morgan fingerprint density at radius 2 is 2.16 bits per heavy atom. The number of hydrogen-bond acceptors (Lipinski definition) is 3. The summed E-state index contributed by atoms with van der Waals surface area (Å²) in [5, 5.41) is 3.25. The molecule has 0 bridgehead atoms. The third-order valence-corrected chi connectivity index (χ3v) is 2.76. The largest absolute Gasteiger partial charge is 0.478 e. The second-order valence-corrected chi connectivity index (χ2v) is 4.30. The maximum Gasteiger partial charge on any atom is 0.215 e. The number of halogens is 2. The first-order valence-corrected chi connectivity index (χ1v) is 6.34. The lowest BCUT2D eigenvalue weighted by molar-refractivity contribution is 0.327. The van der Waals surface area contributed by atoms with E-state index in [4.69, 9.17) is 16.3 Å². The Hall–Kier alpha value is -1.81. The van der Waals surface area contributed by atoms with Gasteiger partial charge >= 0.3 is 0 Å². The van der Waals surface area contributed by atoms with E-state index < -0.39 is 5.82 Å². The van der Waals surface area contributed by atoms with Crippen molar-refractivity contribution in [3.63, 3.8) is 0 Å². The SMILES string of the molecule is CCOc1cccc(NCc2ccc(F)c(Cl)c2)n1. The highest BCUT2D eigenvalue weighted by Gasteiger charge is 2.02. The summed E-state index contributed by atoms with van der Waals surface area (Å²) in [6.45, 7) is 2.99. The Kier molecular flexibility index (Phi) is 4.58. The summed E-state index contributed by atoms with van der Waals surface area (Å²) in [5.41, 5.74) is 0.884. The molecule has 0 aliphatic carbocycles. The van der Waals surface area contributed by atoms with Gasteiger partial charge in [-0.15, -0.1) is 0 Å². The van der Waals surface area contributed by atoms with Crippen LogP contribution in [0.15, 0.2) is 36.4 Å². The predicted molar refractivity (Wildman–Crippen MR) is 74.1 cm³/mol. The molecule has 1 N–H and O–H groups in total. The van der Waals surface area contributed by atoms with Crippen LogP contribution in [0.1, 0.15) is 12.5 Å². The van der Waals surface area contributed by atoms with Gasteiger partial charge in [0.05, 0.1) is 11.6 Å². The van der Waals surface area contributed by atoms with Crippen molar-refractivity contribution in [1.82, 2.24) is 4.98 Å². The molecule has 0 amide bonds. The lowest BCUT2D eigenvalue weighted by atomic mass is 10.2. The van der Waals surface area contributed by atoms with Crippen LogP contribution in [-0.2, 0) is 6.54 Å². The van der Waals surface area contributed by atoms with E-state index in [0.717, 1.165) is 5.56 Å². The summed E-state index contributed by atoms with van der Waals surface area (Å²) >= 11 is 5.72. The van der Waals surface area contributed by atoms with Gasteiger partial charge in [-0.25, -0.2) is 4.39 Å². The van der Waals surface area contributed by atoms with Gasteiger partial charge < -0.3 is 10.1 Å². The number of rotatable bonds is 5. The fraction of sp³-hybridized carbons (Fsp3) is 0.214. The molecule has 0 spiro atoms. The van der Waals surface area contributed by atoms with E-state index in [1.54, 1.807) is 18.2 Å². The zero-order valence-electron chi connectivity index (χ0n) is 10.5. The molecule has 19 heavy (non-hydrogen) atoms. The predicted octanol–water partition coefficient (Wildman–Crippen LogP) is 3.88. The normalized spacial score (nSPS) is 10.3. The zero-order valence-corrected chi connectivity index (χ0v) is 11.2. The molecule has 0 unspecified atom stereocenters. The van der Waals surface area contributed by atoms with E-state index in [2.05, 4.69) is 10.3 Å². The van der Waals surface area contributed by atoms with Gasteiger partial charge in [0.15, 0.2) is 0 Å². The summed E-state index contributed by atoms with van der Waals surface area (Å²) in [5.74, 6) is 0.859. The Labute approximate surface area is 116 Å². The number of aromatic nitrogens is 1. The quantitative estimate of drug-likeness (QED) is 0.902. The Balaban J connectivity index is 2.01. The summed E-state index contributed by atoms with van der Waals surface area (Å²) < 4.78 is 18.3. The Bertz CT molecular complexity index is 563. The van der Waals surface area contributed by atoms with Crippen molar-refractivity contribution in [1.29, 1.82) is 0 Å². The number of nitrogens with zero attached hydrogens (tertiary/aromatic N) is 1. The van der Waals surface area contributed by atoms with Crippen LogP contribution in [0.4, 0.5) is 10.2 Å². The molecule has 1 aromatic carbocycles. The molecule has 0 saturated heterocycles. The molecule has 1 heterocycles. The van der Waals surface area contributed by atoms with Crippen molar-refractivity contribution in [2.24, 2.45) is 0 Å². The van der Waals surface area contributed by atoms with Crippen molar-refractivity contribution >= 4 is 17.4 Å². The highest BCUT2D eigenvalue weighted by molar-refractivity contribution is 6.30. The van der Waals surface area contributed by atoms with E-state index in [9.17, 15) is 4.39 Å². The molecular formula is C14H14ClFN2O. The average molecular weight is 281 g/mol. The molecule has 2 aromatic rings. The van der Waals surface area contributed by atoms with Crippen LogP contribution in [-0.4, -0.2) is 11.6 Å². The van der Waals surface area contributed by atoms with Crippen molar-refractivity contribution in [2.45, 2.75) is 13.5 Å². The number of pyridine rings is 1. The van der Waals surface area contributed by atoms with E-state index in [-0.39, 0.29) is 5.02 Å². The summed E-state index contributed by atoms with van der Waals surface area (Å²) in [6, 6.07) is 10.1. The van der Waals surface area contributed by atoms with Gasteiger partial charge in [0.1, 0.15) is 11.6 Å². The zero-order chi connectivity index (χ0) is 13.7. The minimum absolute atomic E-state index is 0.121. The van der Waals surface area contributed by atoms with Gasteiger partial charge in [-0.05, 0) is 30.7 Å². The lowest BCUT2D eigenvalue weighted by Crippen LogP contribution is -2.03. The molecule has 0 saturated carbocycles.